The van der Waals surface area contributed by atoms with Gasteiger partial charge in [0.15, 0.2) is 0 Å². The van der Waals surface area contributed by atoms with Gasteiger partial charge in [0.05, 0.1) is 5.52 Å². The zero-order valence-electron chi connectivity index (χ0n) is 15.0. The molecule has 1 aromatic heterocycles. The highest BCUT2D eigenvalue weighted by atomic mass is 16.1. The van der Waals surface area contributed by atoms with Gasteiger partial charge in [0, 0.05) is 31.1 Å². The Kier molecular flexibility index (Phi) is 4.67. The molecule has 132 valence electrons. The molecule has 1 aliphatic heterocycles. The van der Waals surface area contributed by atoms with E-state index in [0.29, 0.717) is 12.2 Å². The summed E-state index contributed by atoms with van der Waals surface area (Å²) in [7, 11) is 0. The maximum atomic E-state index is 12.5. The van der Waals surface area contributed by atoms with E-state index >= 15 is 0 Å². The van der Waals surface area contributed by atoms with Gasteiger partial charge in [-0.15, -0.1) is 0 Å². The molecule has 1 amide bonds. The molecule has 0 aliphatic carbocycles. The molecule has 26 heavy (non-hydrogen) atoms. The third-order valence-electron chi connectivity index (χ3n) is 5.17. The Balaban J connectivity index is 1.38. The first-order valence-electron chi connectivity index (χ1n) is 9.15. The fourth-order valence-electron chi connectivity index (χ4n) is 3.55. The Morgan fingerprint density at radius 3 is 2.73 bits per heavy atom. The Hall–Kier alpha value is -2.72. The predicted octanol–water partition coefficient (Wildman–Crippen LogP) is 3.41. The number of benzene rings is 2. The lowest BCUT2D eigenvalue weighted by atomic mass is 9.99. The van der Waals surface area contributed by atoms with E-state index in [1.165, 1.54) is 11.1 Å². The van der Waals surface area contributed by atoms with Gasteiger partial charge in [-0.3, -0.25) is 9.69 Å². The first-order valence-corrected chi connectivity index (χ1v) is 9.15. The molecule has 0 bridgehead atoms. The summed E-state index contributed by atoms with van der Waals surface area (Å²) in [5.74, 6) is -0.111. The normalized spacial score (nSPS) is 15.4. The monoisotopic (exact) mass is 345 g/mol. The minimum atomic E-state index is -0.111. The van der Waals surface area contributed by atoms with Gasteiger partial charge in [0.25, 0.3) is 5.91 Å². The largest absolute Gasteiger partial charge is 0.349 e. The molecule has 2 aromatic carbocycles. The summed E-state index contributed by atoms with van der Waals surface area (Å²) in [6.07, 6.45) is 1.07. The number of pyridine rings is 1. The zero-order chi connectivity index (χ0) is 17.9. The summed E-state index contributed by atoms with van der Waals surface area (Å²) >= 11 is 0. The van der Waals surface area contributed by atoms with Crippen LogP contribution in [0, 0.1) is 0 Å². The number of nitrogens with zero attached hydrogens (tertiary/aromatic N) is 2. The van der Waals surface area contributed by atoms with E-state index in [1.807, 2.05) is 30.3 Å². The third kappa shape index (κ3) is 3.46. The van der Waals surface area contributed by atoms with Crippen LogP contribution >= 0.6 is 0 Å². The molecule has 1 aliphatic rings. The summed E-state index contributed by atoms with van der Waals surface area (Å²) in [6, 6.07) is 20.5. The van der Waals surface area contributed by atoms with Gasteiger partial charge in [-0.1, -0.05) is 48.5 Å². The summed E-state index contributed by atoms with van der Waals surface area (Å²) in [6.45, 7) is 4.77. The number of hydrogen-bond acceptors (Lipinski definition) is 3. The van der Waals surface area contributed by atoms with Gasteiger partial charge in [-0.2, -0.15) is 0 Å². The smallest absolute Gasteiger partial charge is 0.269 e. The molecular formula is C22H23N3O. The van der Waals surface area contributed by atoms with Crippen LogP contribution in [0.25, 0.3) is 10.9 Å². The Morgan fingerprint density at radius 2 is 1.85 bits per heavy atom. The van der Waals surface area contributed by atoms with Crippen LogP contribution in [-0.2, 0) is 13.0 Å². The average molecular weight is 345 g/mol. The van der Waals surface area contributed by atoms with Gasteiger partial charge in [-0.25, -0.2) is 4.98 Å². The number of aromatic nitrogens is 1. The van der Waals surface area contributed by atoms with Crippen molar-refractivity contribution < 1.29 is 4.79 Å². The van der Waals surface area contributed by atoms with Crippen molar-refractivity contribution in [1.29, 1.82) is 0 Å². The van der Waals surface area contributed by atoms with E-state index in [9.17, 15) is 4.79 Å². The lowest BCUT2D eigenvalue weighted by Gasteiger charge is -2.33. The van der Waals surface area contributed by atoms with E-state index < -0.39 is 0 Å². The third-order valence-corrected chi connectivity index (χ3v) is 5.17. The van der Waals surface area contributed by atoms with Crippen LogP contribution in [0.4, 0.5) is 0 Å². The molecule has 0 radical (unpaired) electrons. The number of nitrogens with one attached hydrogen (secondary N) is 1. The van der Waals surface area contributed by atoms with Crippen molar-refractivity contribution in [3.63, 3.8) is 0 Å². The minimum Gasteiger partial charge on any atom is -0.349 e. The summed E-state index contributed by atoms with van der Waals surface area (Å²) in [5.41, 5.74) is 4.16. The maximum Gasteiger partial charge on any atom is 0.269 e. The highest BCUT2D eigenvalue weighted by Gasteiger charge is 2.21. The van der Waals surface area contributed by atoms with E-state index in [4.69, 9.17) is 0 Å². The zero-order valence-corrected chi connectivity index (χ0v) is 15.0. The van der Waals surface area contributed by atoms with E-state index in [1.54, 1.807) is 6.07 Å². The predicted molar refractivity (Wildman–Crippen MR) is 104 cm³/mol. The first kappa shape index (κ1) is 16.7. The van der Waals surface area contributed by atoms with Crippen molar-refractivity contribution in [2.24, 2.45) is 0 Å². The number of carbonyl (C=O) groups excluding carboxylic acids is 1. The molecule has 4 nitrogen and oxygen atoms in total. The molecule has 1 unspecified atom stereocenters. The number of carbonyl (C=O) groups is 1. The number of amides is 1. The van der Waals surface area contributed by atoms with Crippen LogP contribution < -0.4 is 5.32 Å². The molecular weight excluding hydrogens is 322 g/mol. The lowest BCUT2D eigenvalue weighted by molar-refractivity contribution is 0.0928. The molecule has 0 spiro atoms. The summed E-state index contributed by atoms with van der Waals surface area (Å²) in [5, 5.41) is 4.09. The molecule has 4 heteroatoms. The SMILES string of the molecule is CC(CNC(=O)c1ccc2ccccc2n1)N1CCc2ccccc2C1. The number of para-hydroxylation sites is 1. The van der Waals surface area contributed by atoms with Crippen molar-refractivity contribution >= 4 is 16.8 Å². The number of fused-ring (bicyclic) bond motifs is 2. The lowest BCUT2D eigenvalue weighted by Crippen LogP contribution is -2.44. The summed E-state index contributed by atoms with van der Waals surface area (Å²) < 4.78 is 0. The molecule has 2 heterocycles. The van der Waals surface area contributed by atoms with Gasteiger partial charge >= 0.3 is 0 Å². The van der Waals surface area contributed by atoms with Crippen molar-refractivity contribution in [3.05, 3.63) is 77.5 Å². The van der Waals surface area contributed by atoms with Crippen LogP contribution in [-0.4, -0.2) is 34.9 Å². The molecule has 0 saturated heterocycles. The first-order chi connectivity index (χ1) is 12.7. The van der Waals surface area contributed by atoms with Gasteiger partial charge in [-0.05, 0) is 36.6 Å². The van der Waals surface area contributed by atoms with Crippen molar-refractivity contribution in [2.45, 2.75) is 25.9 Å². The van der Waals surface area contributed by atoms with Gasteiger partial charge < -0.3 is 5.32 Å². The van der Waals surface area contributed by atoms with Crippen LogP contribution in [0.15, 0.2) is 60.7 Å². The standard InChI is InChI=1S/C22H23N3O/c1-16(25-13-12-17-6-2-3-8-19(17)15-25)14-23-22(26)21-11-10-18-7-4-5-9-20(18)24-21/h2-11,16H,12-15H2,1H3,(H,23,26). The number of rotatable bonds is 4. The van der Waals surface area contributed by atoms with Crippen LogP contribution in [0.2, 0.25) is 0 Å². The molecule has 4 rings (SSSR count). The minimum absolute atomic E-state index is 0.111. The van der Waals surface area contributed by atoms with Crippen molar-refractivity contribution in [3.8, 4) is 0 Å². The van der Waals surface area contributed by atoms with E-state index in [0.717, 1.165) is 30.4 Å². The van der Waals surface area contributed by atoms with E-state index in [-0.39, 0.29) is 11.9 Å². The van der Waals surface area contributed by atoms with Crippen LogP contribution in [0.1, 0.15) is 28.5 Å². The Morgan fingerprint density at radius 1 is 1.08 bits per heavy atom. The van der Waals surface area contributed by atoms with Crippen LogP contribution in [0.3, 0.4) is 0 Å². The van der Waals surface area contributed by atoms with Gasteiger partial charge in [0.2, 0.25) is 0 Å². The van der Waals surface area contributed by atoms with Crippen molar-refractivity contribution in [2.75, 3.05) is 13.1 Å². The fourth-order valence-corrected chi connectivity index (χ4v) is 3.55. The maximum absolute atomic E-state index is 12.5. The molecule has 1 atom stereocenters. The average Bonchev–Trinajstić information content (AvgIpc) is 2.71. The Labute approximate surface area is 153 Å². The fraction of sp³-hybridized carbons (Fsp3) is 0.273. The van der Waals surface area contributed by atoms with Gasteiger partial charge in [0.1, 0.15) is 5.69 Å². The van der Waals surface area contributed by atoms with Crippen molar-refractivity contribution in [1.82, 2.24) is 15.2 Å². The highest BCUT2D eigenvalue weighted by Crippen LogP contribution is 2.20. The highest BCUT2D eigenvalue weighted by molar-refractivity contribution is 5.94. The molecule has 3 aromatic rings. The number of hydrogen-bond donors (Lipinski definition) is 1. The molecule has 0 saturated carbocycles. The second-order valence-electron chi connectivity index (χ2n) is 6.94. The Bertz CT molecular complexity index is 937. The second-order valence-corrected chi connectivity index (χ2v) is 6.94. The second kappa shape index (κ2) is 7.26. The summed E-state index contributed by atoms with van der Waals surface area (Å²) in [4.78, 5) is 19.4. The quantitative estimate of drug-likeness (QED) is 0.788. The molecule has 1 N–H and O–H groups in total. The topological polar surface area (TPSA) is 45.2 Å². The molecule has 0 fully saturated rings. The van der Waals surface area contributed by atoms with Crippen LogP contribution in [0.5, 0.6) is 0 Å². The van der Waals surface area contributed by atoms with E-state index in [2.05, 4.69) is 46.4 Å².